The highest BCUT2D eigenvalue weighted by Crippen LogP contribution is 2.31. The van der Waals surface area contributed by atoms with Crippen LogP contribution in [-0.4, -0.2) is 29.4 Å². The molecule has 104 valence electrons. The fourth-order valence-electron chi connectivity index (χ4n) is 2.41. The van der Waals surface area contributed by atoms with E-state index in [1.807, 2.05) is 20.8 Å². The minimum atomic E-state index is -0.675. The summed E-state index contributed by atoms with van der Waals surface area (Å²) < 4.78 is 5.51. The van der Waals surface area contributed by atoms with E-state index >= 15 is 0 Å². The summed E-state index contributed by atoms with van der Waals surface area (Å²) >= 11 is 0. The first-order chi connectivity index (χ1) is 8.29. The molecule has 4 heteroatoms. The Kier molecular flexibility index (Phi) is 4.91. The normalized spacial score (nSPS) is 21.1. The smallest absolute Gasteiger partial charge is 0.326 e. The van der Waals surface area contributed by atoms with E-state index in [1.54, 1.807) is 6.92 Å². The largest absolute Gasteiger partial charge is 0.459 e. The average molecular weight is 255 g/mol. The molecule has 0 unspecified atom stereocenters. The van der Waals surface area contributed by atoms with E-state index in [9.17, 15) is 9.59 Å². The molecular weight excluding hydrogens is 230 g/mol. The van der Waals surface area contributed by atoms with Crippen molar-refractivity contribution < 1.29 is 14.3 Å². The molecule has 1 saturated carbocycles. The van der Waals surface area contributed by atoms with Crippen molar-refractivity contribution in [2.75, 3.05) is 0 Å². The zero-order valence-corrected chi connectivity index (χ0v) is 11.9. The maximum absolute atomic E-state index is 12.4. The van der Waals surface area contributed by atoms with Crippen LogP contribution in [0, 0.1) is 0 Å². The Morgan fingerprint density at radius 2 is 1.83 bits per heavy atom. The van der Waals surface area contributed by atoms with Gasteiger partial charge in [-0.15, -0.1) is 0 Å². The first-order valence-corrected chi connectivity index (χ1v) is 6.75. The third-order valence-corrected chi connectivity index (χ3v) is 3.20. The van der Waals surface area contributed by atoms with Gasteiger partial charge in [0.2, 0.25) is 0 Å². The summed E-state index contributed by atoms with van der Waals surface area (Å²) in [5.74, 6) is -0.219. The summed E-state index contributed by atoms with van der Waals surface area (Å²) in [6.07, 6.45) is 5.47. The minimum absolute atomic E-state index is 0.219. The summed E-state index contributed by atoms with van der Waals surface area (Å²) in [7, 11) is 0. The van der Waals surface area contributed by atoms with Gasteiger partial charge in [0.1, 0.15) is 17.4 Å². The zero-order chi connectivity index (χ0) is 13.8. The average Bonchev–Trinajstić information content (AvgIpc) is 2.27. The third kappa shape index (κ3) is 4.09. The number of carbonyl (C=O) groups excluding carboxylic acids is 2. The Balaban J connectivity index is 2.82. The van der Waals surface area contributed by atoms with E-state index in [4.69, 9.17) is 4.74 Å². The number of esters is 1. The molecule has 0 aromatic rings. The number of aldehydes is 1. The molecule has 0 radical (unpaired) electrons. The topological polar surface area (TPSA) is 55.4 Å². The molecule has 0 spiro atoms. The fourth-order valence-corrected chi connectivity index (χ4v) is 2.41. The number of nitrogens with one attached hydrogen (secondary N) is 1. The van der Waals surface area contributed by atoms with Crippen LogP contribution in [0.15, 0.2) is 0 Å². The van der Waals surface area contributed by atoms with Crippen LogP contribution in [0.1, 0.15) is 59.8 Å². The molecule has 1 N–H and O–H groups in total. The molecule has 0 aliphatic heterocycles. The SMILES string of the molecule is C[C@@H](C=O)NC1(C(=O)OC(C)(C)C)CCCCC1. The van der Waals surface area contributed by atoms with Crippen molar-refractivity contribution in [3.63, 3.8) is 0 Å². The maximum atomic E-state index is 12.4. The predicted octanol–water partition coefficient (Wildman–Crippen LogP) is 2.21. The van der Waals surface area contributed by atoms with Crippen molar-refractivity contribution in [1.29, 1.82) is 0 Å². The lowest BCUT2D eigenvalue weighted by molar-refractivity contribution is -0.165. The molecule has 18 heavy (non-hydrogen) atoms. The molecule has 0 bridgehead atoms. The van der Waals surface area contributed by atoms with Crippen LogP contribution >= 0.6 is 0 Å². The van der Waals surface area contributed by atoms with Gasteiger partial charge in [0.15, 0.2) is 0 Å². The van der Waals surface area contributed by atoms with Gasteiger partial charge in [-0.25, -0.2) is 0 Å². The molecule has 1 rings (SSSR count). The Morgan fingerprint density at radius 3 is 2.28 bits per heavy atom. The second-order valence-electron chi connectivity index (χ2n) is 6.21. The van der Waals surface area contributed by atoms with Gasteiger partial charge in [-0.3, -0.25) is 10.1 Å². The van der Waals surface area contributed by atoms with Gasteiger partial charge in [0, 0.05) is 0 Å². The number of ether oxygens (including phenoxy) is 1. The first kappa shape index (κ1) is 15.2. The molecule has 1 atom stereocenters. The standard InChI is InChI=1S/C14H25NO3/c1-11(10-16)15-14(8-6-5-7-9-14)12(17)18-13(2,3)4/h10-11,15H,5-9H2,1-4H3/t11-/m0/s1. The van der Waals surface area contributed by atoms with Crippen molar-refractivity contribution in [2.45, 2.75) is 77.0 Å². The van der Waals surface area contributed by atoms with E-state index in [0.717, 1.165) is 38.4 Å². The van der Waals surface area contributed by atoms with Crippen LogP contribution in [0.3, 0.4) is 0 Å². The van der Waals surface area contributed by atoms with Gasteiger partial charge in [0.25, 0.3) is 0 Å². The molecule has 0 saturated heterocycles. The molecular formula is C14H25NO3. The quantitative estimate of drug-likeness (QED) is 0.618. The van der Waals surface area contributed by atoms with Crippen molar-refractivity contribution in [3.8, 4) is 0 Å². The summed E-state index contributed by atoms with van der Waals surface area (Å²) in [4.78, 5) is 23.2. The second kappa shape index (κ2) is 5.83. The highest BCUT2D eigenvalue weighted by atomic mass is 16.6. The van der Waals surface area contributed by atoms with Crippen LogP contribution in [-0.2, 0) is 14.3 Å². The molecule has 0 aromatic heterocycles. The van der Waals surface area contributed by atoms with Crippen LogP contribution in [0.4, 0.5) is 0 Å². The van der Waals surface area contributed by atoms with Crippen molar-refractivity contribution in [1.82, 2.24) is 5.32 Å². The summed E-state index contributed by atoms with van der Waals surface area (Å²) in [6, 6.07) is -0.324. The molecule has 0 amide bonds. The van der Waals surface area contributed by atoms with Gasteiger partial charge in [-0.2, -0.15) is 0 Å². The first-order valence-electron chi connectivity index (χ1n) is 6.75. The highest BCUT2D eigenvalue weighted by Gasteiger charge is 2.43. The van der Waals surface area contributed by atoms with Gasteiger partial charge in [-0.05, 0) is 40.5 Å². The summed E-state index contributed by atoms with van der Waals surface area (Å²) in [5, 5.41) is 3.16. The second-order valence-corrected chi connectivity index (χ2v) is 6.21. The predicted molar refractivity (Wildman–Crippen MR) is 70.3 cm³/mol. The highest BCUT2D eigenvalue weighted by molar-refractivity contribution is 5.82. The Morgan fingerprint density at radius 1 is 1.28 bits per heavy atom. The Hall–Kier alpha value is -0.900. The van der Waals surface area contributed by atoms with Crippen LogP contribution in [0.25, 0.3) is 0 Å². The molecule has 1 aliphatic rings. The van der Waals surface area contributed by atoms with Gasteiger partial charge < -0.3 is 9.53 Å². The number of hydrogen-bond donors (Lipinski definition) is 1. The van der Waals surface area contributed by atoms with E-state index in [2.05, 4.69) is 5.32 Å². The van der Waals surface area contributed by atoms with Crippen LogP contribution in [0.2, 0.25) is 0 Å². The molecule has 4 nitrogen and oxygen atoms in total. The Labute approximate surface area is 109 Å². The third-order valence-electron chi connectivity index (χ3n) is 3.20. The van der Waals surface area contributed by atoms with Crippen LogP contribution < -0.4 is 5.32 Å². The van der Waals surface area contributed by atoms with Gasteiger partial charge in [-0.1, -0.05) is 19.3 Å². The molecule has 1 fully saturated rings. The monoisotopic (exact) mass is 255 g/mol. The van der Waals surface area contributed by atoms with E-state index in [1.165, 1.54) is 0 Å². The lowest BCUT2D eigenvalue weighted by atomic mass is 9.81. The minimum Gasteiger partial charge on any atom is -0.459 e. The maximum Gasteiger partial charge on any atom is 0.326 e. The Bertz CT molecular complexity index is 301. The lowest BCUT2D eigenvalue weighted by Crippen LogP contribution is -2.58. The van der Waals surface area contributed by atoms with E-state index in [-0.39, 0.29) is 12.0 Å². The van der Waals surface area contributed by atoms with Crippen LogP contribution in [0.5, 0.6) is 0 Å². The van der Waals surface area contributed by atoms with Gasteiger partial charge in [0.05, 0.1) is 6.04 Å². The van der Waals surface area contributed by atoms with Crippen molar-refractivity contribution in [2.24, 2.45) is 0 Å². The van der Waals surface area contributed by atoms with E-state index in [0.29, 0.717) is 0 Å². The van der Waals surface area contributed by atoms with E-state index < -0.39 is 11.1 Å². The van der Waals surface area contributed by atoms with Crippen molar-refractivity contribution in [3.05, 3.63) is 0 Å². The summed E-state index contributed by atoms with van der Waals surface area (Å²) in [6.45, 7) is 7.37. The van der Waals surface area contributed by atoms with Crippen molar-refractivity contribution >= 4 is 12.3 Å². The molecule has 1 aliphatic carbocycles. The van der Waals surface area contributed by atoms with Gasteiger partial charge >= 0.3 is 5.97 Å². The number of rotatable bonds is 4. The summed E-state index contributed by atoms with van der Waals surface area (Å²) in [5.41, 5.74) is -1.17. The zero-order valence-electron chi connectivity index (χ0n) is 11.9. The number of hydrogen-bond acceptors (Lipinski definition) is 4. The number of carbonyl (C=O) groups is 2. The fraction of sp³-hybridized carbons (Fsp3) is 0.857. The molecule has 0 aromatic carbocycles. The lowest BCUT2D eigenvalue weighted by Gasteiger charge is -2.39. The molecule has 0 heterocycles.